The second-order valence-corrected chi connectivity index (χ2v) is 18.0. The molecule has 1 amide bonds. The van der Waals surface area contributed by atoms with Gasteiger partial charge in [-0.1, -0.05) is 62.4 Å². The number of nitrogens with zero attached hydrogens (tertiary/aromatic N) is 1. The predicted octanol–water partition coefficient (Wildman–Crippen LogP) is 4.10. The second-order valence-electron chi connectivity index (χ2n) is 18.0. The van der Waals surface area contributed by atoms with Crippen LogP contribution in [0.3, 0.4) is 0 Å². The lowest BCUT2D eigenvalue weighted by Gasteiger charge is -2.67. The summed E-state index contributed by atoms with van der Waals surface area (Å²) < 4.78 is 36.3. The van der Waals surface area contributed by atoms with Gasteiger partial charge in [-0.05, 0) is 49.3 Å². The molecule has 63 heavy (non-hydrogen) atoms. The number of Topliss-reactive ketones (excluding diaryl/α,β-unsaturated/α-hetero) is 2. The third-order valence-corrected chi connectivity index (χ3v) is 14.1. The highest BCUT2D eigenvalue weighted by molar-refractivity contribution is 5.97. The average molecular weight is 870 g/mol. The van der Waals surface area contributed by atoms with E-state index in [9.17, 15) is 39.3 Å². The van der Waals surface area contributed by atoms with Gasteiger partial charge in [0, 0.05) is 50.3 Å². The summed E-state index contributed by atoms with van der Waals surface area (Å²) in [4.78, 5) is 85.8. The first-order valence-corrected chi connectivity index (χ1v) is 21.0. The summed E-state index contributed by atoms with van der Waals surface area (Å²) in [6.07, 6.45) is -10.3. The van der Waals surface area contributed by atoms with Gasteiger partial charge in [0.15, 0.2) is 29.4 Å². The number of carbonyl (C=O) groups excluding carboxylic acids is 6. The van der Waals surface area contributed by atoms with Gasteiger partial charge in [-0.3, -0.25) is 14.4 Å². The molecular weight excluding hydrogens is 819 g/mol. The smallest absolute Gasteiger partial charge is 0.410 e. The van der Waals surface area contributed by atoms with E-state index in [1.165, 1.54) is 49.3 Å². The van der Waals surface area contributed by atoms with Gasteiger partial charge >= 0.3 is 24.0 Å². The van der Waals surface area contributed by atoms with E-state index in [0.717, 1.165) is 6.92 Å². The van der Waals surface area contributed by atoms with Gasteiger partial charge in [0.05, 0.1) is 41.8 Å². The highest BCUT2D eigenvalue weighted by Crippen LogP contribution is 2.64. The topological polar surface area (TPSA) is 225 Å². The number of aliphatic hydroxyl groups excluding tert-OH is 2. The maximum atomic E-state index is 15.6. The summed E-state index contributed by atoms with van der Waals surface area (Å²) in [5, 5.41) is 37.7. The van der Waals surface area contributed by atoms with Gasteiger partial charge in [0.25, 0.3) is 0 Å². The minimum atomic E-state index is -2.40. The van der Waals surface area contributed by atoms with Crippen LogP contribution in [-0.4, -0.2) is 123 Å². The summed E-state index contributed by atoms with van der Waals surface area (Å²) in [5.41, 5.74) is -7.33. The van der Waals surface area contributed by atoms with Crippen LogP contribution >= 0.6 is 0 Å². The molecule has 11 atom stereocenters. The monoisotopic (exact) mass is 869 g/mol. The van der Waals surface area contributed by atoms with Gasteiger partial charge in [-0.15, -0.1) is 0 Å². The van der Waals surface area contributed by atoms with E-state index in [-0.39, 0.29) is 41.9 Å². The Balaban J connectivity index is 1.27. The first-order valence-electron chi connectivity index (χ1n) is 21.0. The average Bonchev–Trinajstić information content (AvgIpc) is 3.97. The van der Waals surface area contributed by atoms with Crippen LogP contribution in [0, 0.1) is 16.7 Å². The van der Waals surface area contributed by atoms with Crippen LogP contribution in [0.15, 0.2) is 94.6 Å². The third-order valence-electron chi connectivity index (χ3n) is 14.1. The molecule has 16 nitrogen and oxygen atoms in total. The largest absolute Gasteiger partial charge is 0.469 e. The highest BCUT2D eigenvalue weighted by atomic mass is 16.6. The fraction of sp³-hybridized carbons (Fsp3) is 0.489. The quantitative estimate of drug-likeness (QED) is 0.0811. The van der Waals surface area contributed by atoms with E-state index < -0.39 is 112 Å². The zero-order valence-electron chi connectivity index (χ0n) is 35.6. The third kappa shape index (κ3) is 7.26. The molecule has 5 aliphatic rings. The summed E-state index contributed by atoms with van der Waals surface area (Å²) in [5.74, 6) is -6.95. The molecule has 2 saturated heterocycles. The van der Waals surface area contributed by atoms with Crippen LogP contribution in [0.4, 0.5) is 4.79 Å². The maximum Gasteiger partial charge on any atom is 0.410 e. The molecule has 2 aromatic carbocycles. The zero-order valence-corrected chi connectivity index (χ0v) is 35.6. The van der Waals surface area contributed by atoms with Crippen molar-refractivity contribution in [3.05, 3.63) is 107 Å². The van der Waals surface area contributed by atoms with E-state index in [1.807, 2.05) is 0 Å². The number of hydrogen-bond acceptors (Lipinski definition) is 15. The molecule has 2 bridgehead atoms. The van der Waals surface area contributed by atoms with Crippen molar-refractivity contribution < 1.29 is 72.2 Å². The molecule has 3 aromatic rings. The molecule has 2 saturated carbocycles. The van der Waals surface area contributed by atoms with Gasteiger partial charge in [0.1, 0.15) is 29.7 Å². The van der Waals surface area contributed by atoms with Crippen LogP contribution in [-0.2, 0) is 38.1 Å². The lowest BCUT2D eigenvalue weighted by Crippen LogP contribution is -2.82. The molecule has 8 rings (SSSR count). The second kappa shape index (κ2) is 16.1. The van der Waals surface area contributed by atoms with E-state index in [0.29, 0.717) is 18.7 Å². The Bertz CT molecular complexity index is 2320. The maximum absolute atomic E-state index is 15.6. The van der Waals surface area contributed by atoms with E-state index in [1.54, 1.807) is 62.4 Å². The van der Waals surface area contributed by atoms with E-state index in [4.69, 9.17) is 28.1 Å². The highest BCUT2D eigenvalue weighted by Gasteiger charge is 2.78. The molecule has 1 aromatic heterocycles. The molecule has 1 unspecified atom stereocenters. The van der Waals surface area contributed by atoms with Crippen molar-refractivity contribution in [1.82, 2.24) is 4.90 Å². The lowest BCUT2D eigenvalue weighted by molar-refractivity contribution is -0.342. The number of aliphatic hydroxyl groups is 3. The van der Waals surface area contributed by atoms with Gasteiger partial charge < -0.3 is 48.3 Å². The van der Waals surface area contributed by atoms with Crippen LogP contribution in [0.25, 0.3) is 0 Å². The molecule has 0 radical (unpaired) electrons. The molecule has 0 spiro atoms. The number of ketones is 2. The molecule has 2 aliphatic heterocycles. The number of fused-ring (bicyclic) bond motifs is 5. The number of hydrogen-bond donors (Lipinski definition) is 3. The number of furan rings is 1. The first-order chi connectivity index (χ1) is 29.8. The van der Waals surface area contributed by atoms with Crippen molar-refractivity contribution in [1.29, 1.82) is 0 Å². The Morgan fingerprint density at radius 3 is 2.13 bits per heavy atom. The summed E-state index contributed by atoms with van der Waals surface area (Å²) in [6, 6.07) is 19.2. The first kappa shape index (κ1) is 43.9. The fourth-order valence-electron chi connectivity index (χ4n) is 10.4. The fourth-order valence-corrected chi connectivity index (χ4v) is 10.4. The summed E-state index contributed by atoms with van der Waals surface area (Å²) >= 11 is 0. The molecule has 4 fully saturated rings. The predicted molar refractivity (Wildman–Crippen MR) is 218 cm³/mol. The Labute approximate surface area is 363 Å². The van der Waals surface area contributed by atoms with Gasteiger partial charge in [-0.25, -0.2) is 14.4 Å². The van der Waals surface area contributed by atoms with Crippen molar-refractivity contribution in [3.63, 3.8) is 0 Å². The molecule has 3 N–H and O–H groups in total. The zero-order chi connectivity index (χ0) is 45.2. The molecule has 3 aliphatic carbocycles. The minimum Gasteiger partial charge on any atom is -0.469 e. The Hall–Kier alpha value is -5.68. The van der Waals surface area contributed by atoms with Crippen LogP contribution in [0.1, 0.15) is 86.3 Å². The normalized spacial score (nSPS) is 32.6. The van der Waals surface area contributed by atoms with Crippen LogP contribution in [0.5, 0.6) is 0 Å². The van der Waals surface area contributed by atoms with Crippen LogP contribution < -0.4 is 0 Å². The number of esters is 3. The number of ether oxygens (including phenoxy) is 5. The molecule has 334 valence electrons. The van der Waals surface area contributed by atoms with E-state index in [2.05, 4.69) is 0 Å². The summed E-state index contributed by atoms with van der Waals surface area (Å²) in [7, 11) is 0. The van der Waals surface area contributed by atoms with Gasteiger partial charge in [-0.2, -0.15) is 0 Å². The van der Waals surface area contributed by atoms with Gasteiger partial charge in [0.2, 0.25) is 0 Å². The number of carbonyl (C=O) groups is 6. The number of rotatable bonds is 11. The van der Waals surface area contributed by atoms with Crippen LogP contribution in [0.2, 0.25) is 0 Å². The SMILES string of the molecule is CC(=O)O[C@H]1C(=O)[C@@]2(C)C([C@H](OC(=O)c3ccccc3)[C@]3(O)C[C@H](OC(=O)[C@@H](O)[C@H](CC(=O)c4ccccc4)c4ccco4)C(C)=C1C3(C)C)[C@]1(OC(=O)N3CC3)CO[C@@H]1C[C@@H]2O. The van der Waals surface area contributed by atoms with Crippen molar-refractivity contribution in [2.24, 2.45) is 16.7 Å². The Morgan fingerprint density at radius 2 is 1.56 bits per heavy atom. The molecule has 16 heteroatoms. The number of benzene rings is 2. The van der Waals surface area contributed by atoms with Crippen molar-refractivity contribution in [2.45, 2.75) is 108 Å². The van der Waals surface area contributed by atoms with Crippen molar-refractivity contribution in [2.75, 3.05) is 19.7 Å². The lowest BCUT2D eigenvalue weighted by atomic mass is 9.44. The Kier molecular flexibility index (Phi) is 11.3. The van der Waals surface area contributed by atoms with Crippen molar-refractivity contribution >= 4 is 35.6 Å². The molecular formula is C47H51NO15. The Morgan fingerprint density at radius 1 is 0.905 bits per heavy atom. The standard InChI is InChI=1S/C47H51NO15/c1-25-32(61-42(55)36(52)29(31-17-12-20-58-31)21-30(50)27-13-8-6-9-14-27)23-47(57)40(62-41(54)28-15-10-7-11-16-28)38-45(5,39(53)37(60-26(2)49)35(25)44(47,3)4)33(51)22-34-46(38,24-59-34)63-43(56)48-18-19-48/h6-17,20,29,32-34,36-38,40,51-52,57H,18-19,21-24H2,1-5H3/t29-,32+,33+,34-,36+,37-,38?,40+,45-,46+,47-/m1/s1. The van der Waals surface area contributed by atoms with E-state index >= 15 is 4.79 Å². The number of amides is 1. The summed E-state index contributed by atoms with van der Waals surface area (Å²) in [6.45, 7) is 7.66. The van der Waals surface area contributed by atoms with Crippen molar-refractivity contribution in [3.8, 4) is 0 Å². The molecule has 3 heterocycles. The minimum absolute atomic E-state index is 0.000309.